The van der Waals surface area contributed by atoms with Crippen molar-refractivity contribution >= 4 is 49.8 Å². The molecule has 0 saturated carbocycles. The van der Waals surface area contributed by atoms with E-state index in [1.165, 1.54) is 66.6 Å². The number of benzene rings is 10. The van der Waals surface area contributed by atoms with Crippen molar-refractivity contribution in [3.8, 4) is 44.5 Å². The minimum atomic E-state index is -0.295. The summed E-state index contributed by atoms with van der Waals surface area (Å²) in [5, 5.41) is 4.56. The van der Waals surface area contributed by atoms with E-state index in [1.54, 1.807) is 0 Å². The Bertz CT molecular complexity index is 3720. The molecule has 10 aromatic carbocycles. The topological polar surface area (TPSA) is 16.4 Å². The quantitative estimate of drug-likeness (QED) is 0.166. The molecule has 308 valence electrons. The predicted octanol–water partition coefficient (Wildman–Crippen LogP) is 17.2. The van der Waals surface area contributed by atoms with Gasteiger partial charge in [0.15, 0.2) is 0 Å². The lowest BCUT2D eigenvalue weighted by atomic mass is 9.74. The maximum absolute atomic E-state index is 6.69. The van der Waals surface area contributed by atoms with Gasteiger partial charge in [-0.15, -0.1) is 0 Å². The van der Waals surface area contributed by atoms with E-state index >= 15 is 0 Å². The first-order valence-electron chi connectivity index (χ1n) is 22.8. The lowest BCUT2D eigenvalue weighted by molar-refractivity contribution is 0.660. The Kier molecular flexibility index (Phi) is 8.12. The number of rotatable bonds is 6. The summed E-state index contributed by atoms with van der Waals surface area (Å²) >= 11 is 0. The van der Waals surface area contributed by atoms with Crippen molar-refractivity contribution in [3.05, 3.63) is 246 Å². The van der Waals surface area contributed by atoms with E-state index in [1.807, 2.05) is 0 Å². The van der Waals surface area contributed by atoms with E-state index < -0.39 is 0 Å². The van der Waals surface area contributed by atoms with Crippen molar-refractivity contribution in [2.45, 2.75) is 31.6 Å². The molecule has 13 rings (SSSR count). The fraction of sp³-hybridized carbons (Fsp3) is 0.0794. The van der Waals surface area contributed by atoms with Crippen LogP contribution in [-0.4, -0.2) is 0 Å². The Hall–Kier alpha value is -7.94. The molecule has 0 saturated heterocycles. The van der Waals surface area contributed by atoms with Crippen molar-refractivity contribution in [2.24, 2.45) is 0 Å². The summed E-state index contributed by atoms with van der Waals surface area (Å²) in [5.74, 6) is 0. The van der Waals surface area contributed by atoms with Gasteiger partial charge in [-0.3, -0.25) is 0 Å². The molecule has 1 aromatic heterocycles. The molecule has 1 unspecified atom stereocenters. The molecule has 11 aromatic rings. The molecule has 0 spiro atoms. The third-order valence-corrected chi connectivity index (χ3v) is 14.8. The normalized spacial score (nSPS) is 15.5. The second kappa shape index (κ2) is 14.0. The second-order valence-electron chi connectivity index (χ2n) is 18.5. The molecule has 2 heteroatoms. The fourth-order valence-corrected chi connectivity index (χ4v) is 11.6. The predicted molar refractivity (Wildman–Crippen MR) is 272 cm³/mol. The number of furan rings is 1. The molecule has 2 aliphatic rings. The van der Waals surface area contributed by atoms with Crippen LogP contribution in [0.2, 0.25) is 0 Å². The Morgan fingerprint density at radius 3 is 1.92 bits per heavy atom. The Labute approximate surface area is 379 Å². The molecule has 0 radical (unpaired) electrons. The minimum Gasteiger partial charge on any atom is -0.455 e. The highest BCUT2D eigenvalue weighted by Crippen LogP contribution is 2.56. The lowest BCUT2D eigenvalue weighted by Crippen LogP contribution is -2.22. The zero-order valence-electron chi connectivity index (χ0n) is 36.6. The number of anilines is 3. The van der Waals surface area contributed by atoms with Gasteiger partial charge in [0, 0.05) is 43.9 Å². The van der Waals surface area contributed by atoms with Crippen LogP contribution in [0.25, 0.3) is 77.2 Å². The van der Waals surface area contributed by atoms with Crippen LogP contribution in [0.15, 0.2) is 223 Å². The molecular formula is C63H45NO. The van der Waals surface area contributed by atoms with Gasteiger partial charge in [0.25, 0.3) is 0 Å². The van der Waals surface area contributed by atoms with Gasteiger partial charge in [-0.05, 0) is 122 Å². The van der Waals surface area contributed by atoms with Crippen molar-refractivity contribution in [3.63, 3.8) is 0 Å². The first-order valence-corrected chi connectivity index (χ1v) is 22.8. The first kappa shape index (κ1) is 37.6. The van der Waals surface area contributed by atoms with Crippen LogP contribution in [0.3, 0.4) is 0 Å². The molecule has 0 N–H and O–H groups in total. The van der Waals surface area contributed by atoms with Crippen LogP contribution < -0.4 is 4.90 Å². The second-order valence-corrected chi connectivity index (χ2v) is 18.5. The average Bonchev–Trinajstić information content (AvgIpc) is 3.96. The molecule has 2 nitrogen and oxygen atoms in total. The highest BCUT2D eigenvalue weighted by molar-refractivity contribution is 6.19. The number of hydrogen-bond acceptors (Lipinski definition) is 2. The number of hydrogen-bond donors (Lipinski definition) is 0. The van der Waals surface area contributed by atoms with Crippen LogP contribution in [0, 0.1) is 0 Å². The maximum Gasteiger partial charge on any atom is 0.143 e. The summed E-state index contributed by atoms with van der Waals surface area (Å²) in [4.78, 5) is 2.49. The molecule has 1 atom stereocenters. The van der Waals surface area contributed by atoms with Crippen molar-refractivity contribution in [2.75, 3.05) is 4.90 Å². The van der Waals surface area contributed by atoms with E-state index in [9.17, 15) is 0 Å². The number of para-hydroxylation sites is 1. The van der Waals surface area contributed by atoms with E-state index in [0.717, 1.165) is 55.5 Å². The summed E-state index contributed by atoms with van der Waals surface area (Å²) in [6.45, 7) is 7.12. The maximum atomic E-state index is 6.69. The minimum absolute atomic E-state index is 0.117. The summed E-state index contributed by atoms with van der Waals surface area (Å²) in [7, 11) is 0. The van der Waals surface area contributed by atoms with E-state index in [0.29, 0.717) is 0 Å². The van der Waals surface area contributed by atoms with E-state index in [2.05, 4.69) is 244 Å². The van der Waals surface area contributed by atoms with Crippen molar-refractivity contribution in [1.82, 2.24) is 0 Å². The summed E-state index contributed by atoms with van der Waals surface area (Å²) < 4.78 is 6.69. The van der Waals surface area contributed by atoms with Crippen LogP contribution in [-0.2, 0) is 10.8 Å². The van der Waals surface area contributed by atoms with Gasteiger partial charge in [0.1, 0.15) is 11.2 Å². The molecule has 1 heterocycles. The van der Waals surface area contributed by atoms with Gasteiger partial charge >= 0.3 is 0 Å². The van der Waals surface area contributed by atoms with Gasteiger partial charge in [-0.25, -0.2) is 0 Å². The summed E-state index contributed by atoms with van der Waals surface area (Å²) in [5.41, 5.74) is 21.3. The third kappa shape index (κ3) is 5.41. The van der Waals surface area contributed by atoms with E-state index in [-0.39, 0.29) is 10.8 Å². The zero-order chi connectivity index (χ0) is 43.4. The van der Waals surface area contributed by atoms with Gasteiger partial charge in [-0.1, -0.05) is 190 Å². The molecule has 65 heavy (non-hydrogen) atoms. The van der Waals surface area contributed by atoms with Gasteiger partial charge in [0.05, 0.1) is 5.69 Å². The van der Waals surface area contributed by atoms with Gasteiger partial charge in [0.2, 0.25) is 0 Å². The van der Waals surface area contributed by atoms with Crippen LogP contribution in [0.1, 0.15) is 48.6 Å². The van der Waals surface area contributed by atoms with Crippen LogP contribution >= 0.6 is 0 Å². The molecule has 0 fully saturated rings. The molecular weight excluding hydrogens is 787 g/mol. The monoisotopic (exact) mass is 831 g/mol. The standard InChI is InChI=1S/C63H45NO/c1-62(2)53-29-12-10-26-50(53)59-49(28-16-31-56(59)62)48-25-11-14-32-57(48)64(44-35-37-55-52(39-44)47-24-9-13-30-54(47)63(55,3)42-20-5-4-6-21-42)43-22-15-19-41(38-43)45-27-17-33-58-60(45)51-36-34-40-18-7-8-23-46(40)61(51)65-58/h4-39H,1-3H3. The largest absolute Gasteiger partial charge is 0.455 e. The lowest BCUT2D eigenvalue weighted by Gasteiger charge is -2.31. The highest BCUT2D eigenvalue weighted by atomic mass is 16.3. The van der Waals surface area contributed by atoms with Crippen LogP contribution in [0.4, 0.5) is 17.1 Å². The fourth-order valence-electron chi connectivity index (χ4n) is 11.6. The van der Waals surface area contributed by atoms with Crippen LogP contribution in [0.5, 0.6) is 0 Å². The molecule has 2 aliphatic carbocycles. The highest BCUT2D eigenvalue weighted by Gasteiger charge is 2.41. The Morgan fingerprint density at radius 1 is 0.400 bits per heavy atom. The smallest absolute Gasteiger partial charge is 0.143 e. The third-order valence-electron chi connectivity index (χ3n) is 14.8. The molecule has 0 amide bonds. The first-order chi connectivity index (χ1) is 31.9. The Morgan fingerprint density at radius 2 is 1.05 bits per heavy atom. The van der Waals surface area contributed by atoms with Gasteiger partial charge < -0.3 is 9.32 Å². The number of fused-ring (bicyclic) bond motifs is 11. The SMILES string of the molecule is CC1(C)c2ccccc2-c2c(-c3ccccc3N(c3cccc(-c4cccc5oc6c7ccccc7ccc6c45)c3)c3ccc4c(c3)-c3ccccc3C4(C)c3ccccc3)cccc21. The number of nitrogens with zero attached hydrogens (tertiary/aromatic N) is 1. The summed E-state index contributed by atoms with van der Waals surface area (Å²) in [6.07, 6.45) is 0. The van der Waals surface area contributed by atoms with Gasteiger partial charge in [-0.2, -0.15) is 0 Å². The molecule has 0 aliphatic heterocycles. The van der Waals surface area contributed by atoms with Crippen molar-refractivity contribution in [1.29, 1.82) is 0 Å². The summed E-state index contributed by atoms with van der Waals surface area (Å²) in [6, 6.07) is 80.5. The zero-order valence-corrected chi connectivity index (χ0v) is 36.6. The Balaban J connectivity index is 1.05. The average molecular weight is 832 g/mol. The molecule has 0 bridgehead atoms. The van der Waals surface area contributed by atoms with E-state index in [4.69, 9.17) is 4.42 Å². The van der Waals surface area contributed by atoms with Crippen molar-refractivity contribution < 1.29 is 4.42 Å².